The Hall–Kier alpha value is -2.62. The van der Waals surface area contributed by atoms with E-state index in [9.17, 15) is 9.90 Å². The number of para-hydroxylation sites is 1. The molecule has 3 aromatic carbocycles. The number of carbonyl (C=O) groups is 1. The molecule has 4 heteroatoms. The summed E-state index contributed by atoms with van der Waals surface area (Å²) in [6.45, 7) is 5.63. The molecule has 1 amide bonds. The summed E-state index contributed by atoms with van der Waals surface area (Å²) in [6.07, 6.45) is -0.803. The lowest BCUT2D eigenvalue weighted by Crippen LogP contribution is -2.28. The molecule has 0 aliphatic rings. The molecule has 0 radical (unpaired) electrons. The largest absolute Gasteiger partial charge is 0.387 e. The third kappa shape index (κ3) is 5.06. The number of benzene rings is 3. The Labute approximate surface area is 177 Å². The summed E-state index contributed by atoms with van der Waals surface area (Å²) in [5.74, 6) is -0.424. The number of rotatable bonds is 5. The van der Waals surface area contributed by atoms with Crippen molar-refractivity contribution in [1.82, 2.24) is 0 Å². The number of aliphatic hydroxyl groups is 1. The fourth-order valence-electron chi connectivity index (χ4n) is 3.24. The predicted molar refractivity (Wildman–Crippen MR) is 119 cm³/mol. The molecule has 2 atom stereocenters. The van der Waals surface area contributed by atoms with E-state index >= 15 is 0 Å². The number of halogens is 1. The molecule has 29 heavy (non-hydrogen) atoms. The Morgan fingerprint density at radius 1 is 0.862 bits per heavy atom. The van der Waals surface area contributed by atoms with Crippen LogP contribution < -0.4 is 5.32 Å². The lowest BCUT2D eigenvalue weighted by atomic mass is 9.82. The zero-order chi connectivity index (χ0) is 21.0. The van der Waals surface area contributed by atoms with E-state index < -0.39 is 11.5 Å². The highest BCUT2D eigenvalue weighted by atomic mass is 35.5. The van der Waals surface area contributed by atoms with Gasteiger partial charge in [-0.15, -0.1) is 0 Å². The molecule has 0 saturated carbocycles. The highest BCUT2D eigenvalue weighted by Crippen LogP contribution is 2.40. The second-order valence-electron chi connectivity index (χ2n) is 8.18. The molecule has 0 heterocycles. The Bertz CT molecular complexity index is 962. The maximum atomic E-state index is 12.6. The number of carbonyl (C=O) groups excluding carboxylic acids is 1. The lowest BCUT2D eigenvalue weighted by molar-refractivity contribution is -0.123. The van der Waals surface area contributed by atoms with Crippen molar-refractivity contribution in [3.05, 3.63) is 101 Å². The van der Waals surface area contributed by atoms with Crippen molar-refractivity contribution >= 4 is 23.2 Å². The van der Waals surface area contributed by atoms with Crippen molar-refractivity contribution in [3.8, 4) is 0 Å². The van der Waals surface area contributed by atoms with E-state index in [0.29, 0.717) is 10.7 Å². The fourth-order valence-corrected chi connectivity index (χ4v) is 3.36. The van der Waals surface area contributed by atoms with Crippen LogP contribution in [0.2, 0.25) is 5.02 Å². The molecule has 0 aliphatic heterocycles. The predicted octanol–water partition coefficient (Wildman–Crippen LogP) is 6.19. The van der Waals surface area contributed by atoms with E-state index in [1.165, 1.54) is 0 Å². The van der Waals surface area contributed by atoms with E-state index in [-0.39, 0.29) is 11.8 Å². The van der Waals surface area contributed by atoms with Gasteiger partial charge in [-0.2, -0.15) is 0 Å². The summed E-state index contributed by atoms with van der Waals surface area (Å²) >= 11 is 6.03. The minimum absolute atomic E-state index is 0.0715. The van der Waals surface area contributed by atoms with Crippen molar-refractivity contribution in [3.63, 3.8) is 0 Å². The molecular weight excluding hydrogens is 382 g/mol. The maximum absolute atomic E-state index is 12.6. The molecule has 3 rings (SSSR count). The van der Waals surface area contributed by atoms with E-state index in [2.05, 4.69) is 5.32 Å². The van der Waals surface area contributed by atoms with Gasteiger partial charge in [-0.05, 0) is 34.9 Å². The first-order valence-electron chi connectivity index (χ1n) is 9.66. The number of anilines is 1. The van der Waals surface area contributed by atoms with Crippen LogP contribution in [-0.2, 0) is 4.79 Å². The van der Waals surface area contributed by atoms with Gasteiger partial charge in [0.15, 0.2) is 0 Å². The first kappa shape index (κ1) is 21.1. The van der Waals surface area contributed by atoms with Gasteiger partial charge < -0.3 is 10.4 Å². The molecule has 0 unspecified atom stereocenters. The van der Waals surface area contributed by atoms with Gasteiger partial charge in [0.1, 0.15) is 0 Å². The van der Waals surface area contributed by atoms with Gasteiger partial charge in [0.25, 0.3) is 0 Å². The minimum Gasteiger partial charge on any atom is -0.387 e. The molecule has 150 valence electrons. The highest BCUT2D eigenvalue weighted by molar-refractivity contribution is 6.30. The van der Waals surface area contributed by atoms with Gasteiger partial charge in [-0.1, -0.05) is 93.0 Å². The third-order valence-corrected chi connectivity index (χ3v) is 5.16. The van der Waals surface area contributed by atoms with Crippen molar-refractivity contribution in [1.29, 1.82) is 0 Å². The number of nitrogens with one attached hydrogen (secondary N) is 1. The van der Waals surface area contributed by atoms with Crippen molar-refractivity contribution < 1.29 is 9.90 Å². The molecule has 0 bridgehead atoms. The average Bonchev–Trinajstić information content (AvgIpc) is 2.70. The topological polar surface area (TPSA) is 49.3 Å². The number of aliphatic hydroxyl groups excluding tert-OH is 1. The Kier molecular flexibility index (Phi) is 6.41. The third-order valence-electron chi connectivity index (χ3n) is 4.91. The van der Waals surface area contributed by atoms with Crippen LogP contribution in [0.5, 0.6) is 0 Å². The van der Waals surface area contributed by atoms with Gasteiger partial charge in [0, 0.05) is 22.0 Å². The summed E-state index contributed by atoms with van der Waals surface area (Å²) in [4.78, 5) is 12.6. The fraction of sp³-hybridized carbons (Fsp3) is 0.240. The number of hydrogen-bond donors (Lipinski definition) is 2. The molecule has 3 aromatic rings. The second kappa shape index (κ2) is 8.81. The minimum atomic E-state index is -0.803. The zero-order valence-corrected chi connectivity index (χ0v) is 17.6. The molecule has 0 aliphatic carbocycles. The second-order valence-corrected chi connectivity index (χ2v) is 8.61. The normalized spacial score (nSPS) is 13.6. The lowest BCUT2D eigenvalue weighted by Gasteiger charge is -2.27. The number of amides is 1. The van der Waals surface area contributed by atoms with Crippen LogP contribution in [0.25, 0.3) is 0 Å². The zero-order valence-electron chi connectivity index (χ0n) is 16.9. The summed E-state index contributed by atoms with van der Waals surface area (Å²) in [6, 6.07) is 24.7. The van der Waals surface area contributed by atoms with Crippen molar-refractivity contribution in [2.24, 2.45) is 5.41 Å². The standard InChI is InChI=1S/C25H26ClNO2/c1-25(2,3)24(29)27-21-12-8-7-11-20(21)22(17-9-5-4-6-10-17)23(28)18-13-15-19(26)16-14-18/h4-16,22-23,28H,1-3H3,(H,27,29)/t22-,23-/m1/s1. The van der Waals surface area contributed by atoms with Crippen LogP contribution in [0, 0.1) is 5.41 Å². The quantitative estimate of drug-likeness (QED) is 0.529. The van der Waals surface area contributed by atoms with E-state index in [4.69, 9.17) is 11.6 Å². The molecule has 0 spiro atoms. The van der Waals surface area contributed by atoms with Crippen molar-refractivity contribution in [2.45, 2.75) is 32.8 Å². The average molecular weight is 408 g/mol. The molecule has 2 N–H and O–H groups in total. The van der Waals surface area contributed by atoms with E-state index in [1.54, 1.807) is 12.1 Å². The molecule has 0 aromatic heterocycles. The Morgan fingerprint density at radius 2 is 1.45 bits per heavy atom. The summed E-state index contributed by atoms with van der Waals surface area (Å²) in [5.41, 5.74) is 2.77. The summed E-state index contributed by atoms with van der Waals surface area (Å²) in [5, 5.41) is 15.0. The van der Waals surface area contributed by atoms with Gasteiger partial charge in [-0.3, -0.25) is 4.79 Å². The van der Waals surface area contributed by atoms with Crippen LogP contribution >= 0.6 is 11.6 Å². The van der Waals surface area contributed by atoms with Crippen LogP contribution in [0.3, 0.4) is 0 Å². The van der Waals surface area contributed by atoms with E-state index in [0.717, 1.165) is 16.7 Å². The van der Waals surface area contributed by atoms with Crippen LogP contribution in [0.1, 0.15) is 49.5 Å². The molecular formula is C25H26ClNO2. The first-order chi connectivity index (χ1) is 13.8. The molecule has 0 saturated heterocycles. The Morgan fingerprint density at radius 3 is 2.07 bits per heavy atom. The van der Waals surface area contributed by atoms with Crippen molar-refractivity contribution in [2.75, 3.05) is 5.32 Å². The van der Waals surface area contributed by atoms with Crippen LogP contribution in [0.15, 0.2) is 78.9 Å². The Balaban J connectivity index is 2.08. The monoisotopic (exact) mass is 407 g/mol. The van der Waals surface area contributed by atoms with Gasteiger partial charge in [0.2, 0.25) is 5.91 Å². The highest BCUT2D eigenvalue weighted by Gasteiger charge is 2.28. The maximum Gasteiger partial charge on any atom is 0.229 e. The van der Waals surface area contributed by atoms with Gasteiger partial charge >= 0.3 is 0 Å². The summed E-state index contributed by atoms with van der Waals surface area (Å²) < 4.78 is 0. The first-order valence-corrected chi connectivity index (χ1v) is 10.0. The van der Waals surface area contributed by atoms with Gasteiger partial charge in [0.05, 0.1) is 6.10 Å². The SMILES string of the molecule is CC(C)(C)C(=O)Nc1ccccc1[C@@H](c1ccccc1)[C@H](O)c1ccc(Cl)cc1. The van der Waals surface area contributed by atoms with Crippen LogP contribution in [0.4, 0.5) is 5.69 Å². The number of hydrogen-bond acceptors (Lipinski definition) is 2. The van der Waals surface area contributed by atoms with E-state index in [1.807, 2.05) is 87.5 Å². The molecule has 0 fully saturated rings. The smallest absolute Gasteiger partial charge is 0.229 e. The molecule has 3 nitrogen and oxygen atoms in total. The van der Waals surface area contributed by atoms with Crippen LogP contribution in [-0.4, -0.2) is 11.0 Å². The summed E-state index contributed by atoms with van der Waals surface area (Å²) in [7, 11) is 0. The van der Waals surface area contributed by atoms with Gasteiger partial charge in [-0.25, -0.2) is 0 Å².